The van der Waals surface area contributed by atoms with Crippen LogP contribution in [0.3, 0.4) is 0 Å². The van der Waals surface area contributed by atoms with Gasteiger partial charge in [-0.1, -0.05) is 18.2 Å². The minimum absolute atomic E-state index is 0.505. The molecule has 0 bridgehead atoms. The first-order valence-electron chi connectivity index (χ1n) is 5.65. The molecule has 1 aromatic rings. The van der Waals surface area contributed by atoms with Crippen LogP contribution in [-0.2, 0) is 0 Å². The predicted molar refractivity (Wildman–Crippen MR) is 61.1 cm³/mol. The van der Waals surface area contributed by atoms with Crippen molar-refractivity contribution < 1.29 is 9.22 Å². The summed E-state index contributed by atoms with van der Waals surface area (Å²) in [6, 6.07) is 9.76. The molecule has 0 unspecified atom stereocenters. The maximum atomic E-state index is 12.7. The summed E-state index contributed by atoms with van der Waals surface area (Å²) in [6.07, 6.45) is 0. The van der Waals surface area contributed by atoms with Gasteiger partial charge < -0.3 is 4.74 Å². The molecule has 3 nitrogen and oxygen atoms in total. The van der Waals surface area contributed by atoms with Gasteiger partial charge in [0.25, 0.3) is 0 Å². The Morgan fingerprint density at radius 2 is 1.75 bits per heavy atom. The van der Waals surface area contributed by atoms with Crippen molar-refractivity contribution in [1.82, 2.24) is 10.0 Å². The first-order valence-corrected chi connectivity index (χ1v) is 5.65. The van der Waals surface area contributed by atoms with E-state index in [0.717, 1.165) is 30.5 Å². The third-order valence-corrected chi connectivity index (χ3v) is 2.74. The van der Waals surface area contributed by atoms with E-state index in [1.54, 1.807) is 0 Å². The van der Waals surface area contributed by atoms with Gasteiger partial charge in [-0.15, -0.1) is 9.60 Å². The van der Waals surface area contributed by atoms with E-state index in [4.69, 9.17) is 4.74 Å². The molecule has 0 atom stereocenters. The van der Waals surface area contributed by atoms with E-state index in [1.165, 1.54) is 0 Å². The van der Waals surface area contributed by atoms with E-state index < -0.39 is 0 Å². The second-order valence-electron chi connectivity index (χ2n) is 3.91. The standard InChI is InChI=1S/C12H17FN2O/c13-15-8-6-14(7-9-15)10-11-16-12-4-2-1-3-5-12/h1-5H,6-11H2. The van der Waals surface area contributed by atoms with Gasteiger partial charge in [0.15, 0.2) is 0 Å². The lowest BCUT2D eigenvalue weighted by atomic mass is 10.3. The molecule has 0 saturated carbocycles. The van der Waals surface area contributed by atoms with Gasteiger partial charge in [-0.2, -0.15) is 0 Å². The SMILES string of the molecule is FN1CCN(CCOc2ccccc2)CC1. The van der Waals surface area contributed by atoms with E-state index in [0.29, 0.717) is 19.7 Å². The summed E-state index contributed by atoms with van der Waals surface area (Å²) in [7, 11) is 0. The molecular formula is C12H17FN2O. The van der Waals surface area contributed by atoms with E-state index in [1.807, 2.05) is 30.3 Å². The Balaban J connectivity index is 1.65. The zero-order chi connectivity index (χ0) is 11.2. The molecule has 4 heteroatoms. The lowest BCUT2D eigenvalue weighted by Crippen LogP contribution is -2.44. The highest BCUT2D eigenvalue weighted by molar-refractivity contribution is 5.20. The quantitative estimate of drug-likeness (QED) is 0.722. The Morgan fingerprint density at radius 3 is 2.44 bits per heavy atom. The molecule has 1 aromatic carbocycles. The van der Waals surface area contributed by atoms with Gasteiger partial charge in [0.2, 0.25) is 0 Å². The summed E-state index contributed by atoms with van der Waals surface area (Å²) in [5.41, 5.74) is 0. The van der Waals surface area contributed by atoms with Gasteiger partial charge in [-0.3, -0.25) is 4.90 Å². The Labute approximate surface area is 95.3 Å². The van der Waals surface area contributed by atoms with Gasteiger partial charge in [0.1, 0.15) is 12.4 Å². The molecule has 0 spiro atoms. The highest BCUT2D eigenvalue weighted by Gasteiger charge is 2.15. The van der Waals surface area contributed by atoms with Gasteiger partial charge in [0.05, 0.1) is 0 Å². The zero-order valence-electron chi connectivity index (χ0n) is 9.31. The molecule has 0 aromatic heterocycles. The molecule has 0 amide bonds. The normalized spacial score (nSPS) is 18.6. The van der Waals surface area contributed by atoms with E-state index in [-0.39, 0.29) is 0 Å². The Bertz CT molecular complexity index is 299. The number of rotatable bonds is 4. The monoisotopic (exact) mass is 224 g/mol. The molecular weight excluding hydrogens is 207 g/mol. The second-order valence-corrected chi connectivity index (χ2v) is 3.91. The van der Waals surface area contributed by atoms with Crippen LogP contribution in [0.5, 0.6) is 5.75 Å². The molecule has 0 radical (unpaired) electrons. The molecule has 1 heterocycles. The molecule has 2 rings (SSSR count). The predicted octanol–water partition coefficient (Wildman–Crippen LogP) is 1.57. The number of ether oxygens (including phenoxy) is 1. The van der Waals surface area contributed by atoms with Crippen LogP contribution >= 0.6 is 0 Å². The lowest BCUT2D eigenvalue weighted by Gasteiger charge is -2.29. The number of piperazine rings is 1. The minimum atomic E-state index is 0.505. The Hall–Kier alpha value is -1.13. The molecule has 1 fully saturated rings. The van der Waals surface area contributed by atoms with Crippen LogP contribution in [0.25, 0.3) is 0 Å². The first kappa shape index (κ1) is 11.4. The van der Waals surface area contributed by atoms with Crippen molar-refractivity contribution in [2.75, 3.05) is 39.3 Å². The van der Waals surface area contributed by atoms with Gasteiger partial charge >= 0.3 is 0 Å². The third kappa shape index (κ3) is 3.47. The summed E-state index contributed by atoms with van der Waals surface area (Å²) in [5, 5.41) is 0.870. The van der Waals surface area contributed by atoms with Crippen LogP contribution < -0.4 is 4.74 Å². The highest BCUT2D eigenvalue weighted by Crippen LogP contribution is 2.08. The Kier molecular flexibility index (Phi) is 4.13. The summed E-state index contributed by atoms with van der Waals surface area (Å²) < 4.78 is 18.3. The van der Waals surface area contributed by atoms with Gasteiger partial charge in [-0.25, -0.2) is 0 Å². The molecule has 0 N–H and O–H groups in total. The average molecular weight is 224 g/mol. The van der Waals surface area contributed by atoms with Crippen LogP contribution in [0.1, 0.15) is 0 Å². The van der Waals surface area contributed by atoms with Crippen molar-refractivity contribution in [1.29, 1.82) is 0 Å². The minimum Gasteiger partial charge on any atom is -0.492 e. The summed E-state index contributed by atoms with van der Waals surface area (Å²) in [5.74, 6) is 0.895. The van der Waals surface area contributed by atoms with Crippen LogP contribution in [-0.4, -0.2) is 49.4 Å². The number of benzene rings is 1. The number of nitrogens with zero attached hydrogens (tertiary/aromatic N) is 2. The van der Waals surface area contributed by atoms with Crippen LogP contribution in [0.15, 0.2) is 30.3 Å². The third-order valence-electron chi connectivity index (χ3n) is 2.74. The topological polar surface area (TPSA) is 15.7 Å². The number of hydrogen-bond acceptors (Lipinski definition) is 3. The van der Waals surface area contributed by atoms with Crippen molar-refractivity contribution in [3.05, 3.63) is 30.3 Å². The van der Waals surface area contributed by atoms with Crippen molar-refractivity contribution in [2.45, 2.75) is 0 Å². The number of hydrogen-bond donors (Lipinski definition) is 0. The van der Waals surface area contributed by atoms with E-state index in [9.17, 15) is 4.48 Å². The molecule has 1 aliphatic rings. The van der Waals surface area contributed by atoms with Crippen molar-refractivity contribution in [3.8, 4) is 5.75 Å². The van der Waals surface area contributed by atoms with Crippen LogP contribution in [0.4, 0.5) is 4.48 Å². The zero-order valence-corrected chi connectivity index (χ0v) is 9.31. The second kappa shape index (κ2) is 5.82. The fraction of sp³-hybridized carbons (Fsp3) is 0.500. The molecule has 88 valence electrons. The average Bonchev–Trinajstić information content (AvgIpc) is 2.33. The van der Waals surface area contributed by atoms with Gasteiger partial charge in [-0.05, 0) is 12.1 Å². The first-order chi connectivity index (χ1) is 7.84. The molecule has 0 aliphatic carbocycles. The maximum absolute atomic E-state index is 12.7. The summed E-state index contributed by atoms with van der Waals surface area (Å²) >= 11 is 0. The van der Waals surface area contributed by atoms with Crippen LogP contribution in [0.2, 0.25) is 0 Å². The lowest BCUT2D eigenvalue weighted by molar-refractivity contribution is -0.0236. The van der Waals surface area contributed by atoms with Crippen molar-refractivity contribution in [2.24, 2.45) is 0 Å². The van der Waals surface area contributed by atoms with Crippen LogP contribution in [0, 0.1) is 0 Å². The van der Waals surface area contributed by atoms with Crippen molar-refractivity contribution >= 4 is 0 Å². The molecule has 1 saturated heterocycles. The molecule has 16 heavy (non-hydrogen) atoms. The van der Waals surface area contributed by atoms with Crippen molar-refractivity contribution in [3.63, 3.8) is 0 Å². The fourth-order valence-electron chi connectivity index (χ4n) is 1.76. The summed E-state index contributed by atoms with van der Waals surface area (Å²) in [6.45, 7) is 4.11. The fourth-order valence-corrected chi connectivity index (χ4v) is 1.76. The van der Waals surface area contributed by atoms with Gasteiger partial charge in [0, 0.05) is 32.7 Å². The van der Waals surface area contributed by atoms with E-state index in [2.05, 4.69) is 4.90 Å². The maximum Gasteiger partial charge on any atom is 0.119 e. The highest BCUT2D eigenvalue weighted by atomic mass is 19.2. The molecule has 1 aliphatic heterocycles. The number of halogens is 1. The Morgan fingerprint density at radius 1 is 1.06 bits per heavy atom. The smallest absolute Gasteiger partial charge is 0.119 e. The largest absolute Gasteiger partial charge is 0.492 e. The summed E-state index contributed by atoms with van der Waals surface area (Å²) in [4.78, 5) is 2.22. The number of para-hydroxylation sites is 1. The van der Waals surface area contributed by atoms with E-state index >= 15 is 0 Å².